The van der Waals surface area contributed by atoms with Crippen LogP contribution in [0.4, 0.5) is 5.69 Å². The Morgan fingerprint density at radius 2 is 1.77 bits per heavy atom. The molecule has 6 heteroatoms. The third-order valence-corrected chi connectivity index (χ3v) is 5.42. The first-order valence-corrected chi connectivity index (χ1v) is 10.5. The first-order valence-electron chi connectivity index (χ1n) is 8.65. The van der Waals surface area contributed by atoms with Gasteiger partial charge >= 0.3 is 0 Å². The fourth-order valence-corrected chi connectivity index (χ4v) is 4.16. The van der Waals surface area contributed by atoms with Gasteiger partial charge in [0.05, 0.1) is 18.0 Å². The fourth-order valence-electron chi connectivity index (χ4n) is 2.96. The first kappa shape index (κ1) is 20.0. The molecule has 0 saturated heterocycles. The minimum Gasteiger partial charge on any atom is -0.348 e. The Morgan fingerprint density at radius 1 is 1.12 bits per heavy atom. The summed E-state index contributed by atoms with van der Waals surface area (Å²) in [6.07, 6.45) is 1.50. The molecule has 0 aliphatic carbocycles. The van der Waals surface area contributed by atoms with Crippen LogP contribution in [0.25, 0.3) is 0 Å². The van der Waals surface area contributed by atoms with Crippen LogP contribution in [-0.2, 0) is 14.8 Å². The minimum absolute atomic E-state index is 0.211. The summed E-state index contributed by atoms with van der Waals surface area (Å²) < 4.78 is 26.1. The Labute approximate surface area is 156 Å². The molecule has 0 spiro atoms. The van der Waals surface area contributed by atoms with Gasteiger partial charge in [0.2, 0.25) is 15.9 Å². The van der Waals surface area contributed by atoms with E-state index in [1.807, 2.05) is 57.2 Å². The van der Waals surface area contributed by atoms with Crippen LogP contribution in [0.15, 0.2) is 54.6 Å². The lowest BCUT2D eigenvalue weighted by molar-refractivity contribution is -0.122. The van der Waals surface area contributed by atoms with Gasteiger partial charge in [-0.25, -0.2) is 8.42 Å². The summed E-state index contributed by atoms with van der Waals surface area (Å²) in [6.45, 7) is 5.59. The van der Waals surface area contributed by atoms with Gasteiger partial charge in [0.15, 0.2) is 0 Å². The summed E-state index contributed by atoms with van der Waals surface area (Å²) in [6, 6.07) is 15.7. The van der Waals surface area contributed by atoms with E-state index in [-0.39, 0.29) is 11.9 Å². The van der Waals surface area contributed by atoms with Crippen LogP contribution in [-0.4, -0.2) is 26.6 Å². The van der Waals surface area contributed by atoms with Crippen molar-refractivity contribution < 1.29 is 13.2 Å². The maximum absolute atomic E-state index is 12.9. The maximum atomic E-state index is 12.9. The van der Waals surface area contributed by atoms with Gasteiger partial charge in [-0.05, 0) is 43.5 Å². The van der Waals surface area contributed by atoms with Gasteiger partial charge in [0, 0.05) is 0 Å². The van der Waals surface area contributed by atoms with E-state index in [1.54, 1.807) is 18.2 Å². The number of rotatable bonds is 7. The highest BCUT2D eigenvalue weighted by molar-refractivity contribution is 7.92. The standard InChI is InChI=1S/C20H26N2O3S/c1-5-19(20(23)21-16(3)17-11-7-6-8-12-17)22(26(4,24)25)18-13-9-10-15(2)14-18/h6-14,16,19H,5H2,1-4H3,(H,21,23)/t16-,19+/m0/s1. The molecular weight excluding hydrogens is 348 g/mol. The van der Waals surface area contributed by atoms with Gasteiger partial charge in [0.1, 0.15) is 6.04 Å². The van der Waals surface area contributed by atoms with E-state index in [2.05, 4.69) is 5.32 Å². The van der Waals surface area contributed by atoms with E-state index in [0.717, 1.165) is 17.4 Å². The lowest BCUT2D eigenvalue weighted by atomic mass is 10.1. The van der Waals surface area contributed by atoms with E-state index in [9.17, 15) is 13.2 Å². The molecule has 2 atom stereocenters. The number of amides is 1. The normalized spacial score (nSPS) is 13.7. The van der Waals surface area contributed by atoms with E-state index in [0.29, 0.717) is 12.1 Å². The number of anilines is 1. The molecule has 0 heterocycles. The zero-order valence-corrected chi connectivity index (χ0v) is 16.5. The van der Waals surface area contributed by atoms with E-state index in [4.69, 9.17) is 0 Å². The SMILES string of the molecule is CC[C@H](C(=O)N[C@@H](C)c1ccccc1)N(c1cccc(C)c1)S(C)(=O)=O. The molecule has 140 valence electrons. The minimum atomic E-state index is -3.62. The third-order valence-electron chi connectivity index (χ3n) is 4.24. The van der Waals surface area contributed by atoms with Crippen LogP contribution < -0.4 is 9.62 Å². The number of hydrogen-bond acceptors (Lipinski definition) is 3. The molecule has 26 heavy (non-hydrogen) atoms. The zero-order valence-electron chi connectivity index (χ0n) is 15.6. The number of nitrogens with zero attached hydrogens (tertiary/aromatic N) is 1. The van der Waals surface area contributed by atoms with Crippen molar-refractivity contribution in [1.29, 1.82) is 0 Å². The Balaban J connectivity index is 2.31. The molecule has 2 aromatic rings. The van der Waals surface area contributed by atoms with Gasteiger partial charge in [-0.15, -0.1) is 0 Å². The second-order valence-electron chi connectivity index (χ2n) is 6.46. The predicted octanol–water partition coefficient (Wildman–Crippen LogP) is 3.42. The maximum Gasteiger partial charge on any atom is 0.244 e. The van der Waals surface area contributed by atoms with Crippen LogP contribution >= 0.6 is 0 Å². The number of aryl methyl sites for hydroxylation is 1. The molecule has 0 radical (unpaired) electrons. The zero-order chi connectivity index (χ0) is 19.3. The molecule has 1 amide bonds. The van der Waals surface area contributed by atoms with E-state index in [1.165, 1.54) is 4.31 Å². The molecule has 0 saturated carbocycles. The number of carbonyl (C=O) groups excluding carboxylic acids is 1. The van der Waals surface area contributed by atoms with Gasteiger partial charge in [0.25, 0.3) is 0 Å². The van der Waals surface area contributed by atoms with Crippen molar-refractivity contribution in [3.8, 4) is 0 Å². The molecule has 0 aliphatic rings. The van der Waals surface area contributed by atoms with Gasteiger partial charge < -0.3 is 5.32 Å². The first-order chi connectivity index (χ1) is 12.2. The largest absolute Gasteiger partial charge is 0.348 e. The summed E-state index contributed by atoms with van der Waals surface area (Å²) in [7, 11) is -3.62. The molecule has 5 nitrogen and oxygen atoms in total. The summed E-state index contributed by atoms with van der Waals surface area (Å²) in [5.41, 5.74) is 2.41. The number of nitrogens with one attached hydrogen (secondary N) is 1. The van der Waals surface area contributed by atoms with Crippen LogP contribution in [0.1, 0.15) is 37.4 Å². The molecule has 2 rings (SSSR count). The molecule has 2 aromatic carbocycles. The van der Waals surface area contributed by atoms with E-state index >= 15 is 0 Å². The molecule has 0 aliphatic heterocycles. The smallest absolute Gasteiger partial charge is 0.244 e. The molecule has 0 fully saturated rings. The average Bonchev–Trinajstić information content (AvgIpc) is 2.58. The van der Waals surface area contributed by atoms with Crippen LogP contribution in [0, 0.1) is 6.92 Å². The lowest BCUT2D eigenvalue weighted by Crippen LogP contribution is -2.49. The third kappa shape index (κ3) is 4.85. The molecule has 0 unspecified atom stereocenters. The number of carbonyl (C=O) groups is 1. The Hall–Kier alpha value is -2.34. The number of benzene rings is 2. The summed E-state index contributed by atoms with van der Waals surface area (Å²) >= 11 is 0. The highest BCUT2D eigenvalue weighted by atomic mass is 32.2. The van der Waals surface area contributed by atoms with Crippen molar-refractivity contribution in [2.24, 2.45) is 0 Å². The van der Waals surface area contributed by atoms with Crippen molar-refractivity contribution in [3.63, 3.8) is 0 Å². The molecule has 1 N–H and O–H groups in total. The van der Waals surface area contributed by atoms with Crippen molar-refractivity contribution in [2.75, 3.05) is 10.6 Å². The highest BCUT2D eigenvalue weighted by Gasteiger charge is 2.32. The molecular formula is C20H26N2O3S. The van der Waals surface area contributed by atoms with Crippen molar-refractivity contribution in [3.05, 3.63) is 65.7 Å². The van der Waals surface area contributed by atoms with Gasteiger partial charge in [-0.1, -0.05) is 49.4 Å². The fraction of sp³-hybridized carbons (Fsp3) is 0.350. The summed E-state index contributed by atoms with van der Waals surface area (Å²) in [5.74, 6) is -0.309. The summed E-state index contributed by atoms with van der Waals surface area (Å²) in [5, 5.41) is 2.94. The van der Waals surface area contributed by atoms with Gasteiger partial charge in [-0.2, -0.15) is 0 Å². The van der Waals surface area contributed by atoms with Crippen molar-refractivity contribution in [2.45, 2.75) is 39.3 Å². The monoisotopic (exact) mass is 374 g/mol. The Kier molecular flexibility index (Phi) is 6.42. The quantitative estimate of drug-likeness (QED) is 0.807. The van der Waals surface area contributed by atoms with E-state index < -0.39 is 16.1 Å². The Bertz CT molecular complexity index is 850. The molecule has 0 aromatic heterocycles. The molecule has 0 bridgehead atoms. The van der Waals surface area contributed by atoms with Crippen LogP contribution in [0.5, 0.6) is 0 Å². The average molecular weight is 375 g/mol. The second-order valence-corrected chi connectivity index (χ2v) is 8.32. The topological polar surface area (TPSA) is 66.5 Å². The van der Waals surface area contributed by atoms with Crippen molar-refractivity contribution >= 4 is 21.6 Å². The number of hydrogen-bond donors (Lipinski definition) is 1. The second kappa shape index (κ2) is 8.36. The summed E-state index contributed by atoms with van der Waals surface area (Å²) in [4.78, 5) is 12.9. The Morgan fingerprint density at radius 3 is 2.31 bits per heavy atom. The van der Waals surface area contributed by atoms with Crippen LogP contribution in [0.2, 0.25) is 0 Å². The van der Waals surface area contributed by atoms with Crippen LogP contribution in [0.3, 0.4) is 0 Å². The lowest BCUT2D eigenvalue weighted by Gasteiger charge is -2.31. The van der Waals surface area contributed by atoms with Gasteiger partial charge in [-0.3, -0.25) is 9.10 Å². The van der Waals surface area contributed by atoms with Crippen molar-refractivity contribution in [1.82, 2.24) is 5.32 Å². The number of sulfonamides is 1. The highest BCUT2D eigenvalue weighted by Crippen LogP contribution is 2.24. The predicted molar refractivity (Wildman–Crippen MR) is 106 cm³/mol.